The number of para-hydroxylation sites is 1. The van der Waals surface area contributed by atoms with Gasteiger partial charge in [0.15, 0.2) is 11.5 Å². The van der Waals surface area contributed by atoms with Gasteiger partial charge in [-0.2, -0.15) is 0 Å². The van der Waals surface area contributed by atoms with Crippen LogP contribution in [0.2, 0.25) is 0 Å². The maximum atomic E-state index is 12.8. The third-order valence-corrected chi connectivity index (χ3v) is 7.03. The summed E-state index contributed by atoms with van der Waals surface area (Å²) < 4.78 is 25.0. The lowest BCUT2D eigenvalue weighted by molar-refractivity contribution is -0.231. The molecule has 34 heavy (non-hydrogen) atoms. The molecule has 1 aromatic rings. The van der Waals surface area contributed by atoms with Crippen molar-refractivity contribution < 1.29 is 28.8 Å². The summed E-state index contributed by atoms with van der Waals surface area (Å²) >= 11 is 0. The van der Waals surface area contributed by atoms with E-state index in [0.29, 0.717) is 38.5 Å². The number of hydrogen-bond acceptors (Lipinski definition) is 6. The minimum Gasteiger partial charge on any atom is -0.504 e. The van der Waals surface area contributed by atoms with E-state index in [-0.39, 0.29) is 23.9 Å². The van der Waals surface area contributed by atoms with Crippen LogP contribution >= 0.6 is 0 Å². The first-order valence-electron chi connectivity index (χ1n) is 12.3. The molecule has 0 saturated carbocycles. The summed E-state index contributed by atoms with van der Waals surface area (Å²) in [6.07, 6.45) is 4.02. The molecule has 7 heteroatoms. The molecule has 7 nitrogen and oxygen atoms in total. The van der Waals surface area contributed by atoms with E-state index < -0.39 is 16.8 Å². The van der Waals surface area contributed by atoms with Gasteiger partial charge in [-0.1, -0.05) is 23.8 Å². The lowest BCUT2D eigenvalue weighted by atomic mass is 9.69. The molecule has 2 saturated heterocycles. The molecule has 0 aliphatic carbocycles. The minimum atomic E-state index is -0.619. The first kappa shape index (κ1) is 24.9. The molecule has 1 N–H and O–H groups in total. The fourth-order valence-corrected chi connectivity index (χ4v) is 5.38. The number of rotatable bonds is 3. The number of allylic oxidation sites excluding steroid dienone is 2. The van der Waals surface area contributed by atoms with E-state index in [0.717, 1.165) is 18.4 Å². The Morgan fingerprint density at radius 2 is 2.09 bits per heavy atom. The number of aromatic hydroxyl groups is 1. The molecule has 0 radical (unpaired) electrons. The molecule has 1 unspecified atom stereocenters. The Kier molecular flexibility index (Phi) is 6.64. The highest BCUT2D eigenvalue weighted by atomic mass is 16.6. The van der Waals surface area contributed by atoms with Crippen LogP contribution in [0.5, 0.6) is 11.5 Å². The first-order chi connectivity index (χ1) is 15.9. The SMILES string of the molecule is CC(C)=CCC[C@]1(C)Oc2c(O)cccc2[C@H]2OCC3(C[C@@H]21)CN(C(=O)OC(C)(C)C)CCO3. The zero-order valence-corrected chi connectivity index (χ0v) is 21.3. The van der Waals surface area contributed by atoms with Crippen molar-refractivity contribution in [3.05, 3.63) is 35.4 Å². The Balaban J connectivity index is 1.61. The van der Waals surface area contributed by atoms with Crippen LogP contribution in [0.3, 0.4) is 0 Å². The largest absolute Gasteiger partial charge is 0.504 e. The molecule has 188 valence electrons. The second-order valence-electron chi connectivity index (χ2n) is 11.4. The van der Waals surface area contributed by atoms with E-state index in [9.17, 15) is 9.90 Å². The molecule has 1 aromatic carbocycles. The Morgan fingerprint density at radius 1 is 1.32 bits per heavy atom. The fourth-order valence-electron chi connectivity index (χ4n) is 5.38. The molecule has 1 amide bonds. The van der Waals surface area contributed by atoms with Crippen LogP contribution in [0.1, 0.15) is 72.5 Å². The van der Waals surface area contributed by atoms with Crippen molar-refractivity contribution in [2.75, 3.05) is 26.3 Å². The van der Waals surface area contributed by atoms with Crippen LogP contribution < -0.4 is 4.74 Å². The summed E-state index contributed by atoms with van der Waals surface area (Å²) in [5, 5.41) is 10.5. The molecule has 3 heterocycles. The molecule has 3 aliphatic rings. The van der Waals surface area contributed by atoms with Crippen molar-refractivity contribution in [3.63, 3.8) is 0 Å². The molecule has 0 bridgehead atoms. The zero-order valence-electron chi connectivity index (χ0n) is 21.3. The smallest absolute Gasteiger partial charge is 0.410 e. The van der Waals surface area contributed by atoms with Crippen LogP contribution in [-0.2, 0) is 14.2 Å². The standard InChI is InChI=1S/C27H39NO6/c1-18(2)9-8-12-26(6)20-15-27(16-28(13-14-32-27)24(30)34-25(3,4)5)17-31-22(20)19-10-7-11-21(29)23(19)33-26/h7,9-11,20,22,29H,8,12-17H2,1-6H3/t20-,22+,26-,27?/m0/s1. The normalized spacial score (nSPS) is 30.7. The predicted octanol–water partition coefficient (Wildman–Crippen LogP) is 5.37. The third-order valence-electron chi connectivity index (χ3n) is 7.03. The number of amides is 1. The van der Waals surface area contributed by atoms with Crippen LogP contribution in [0.15, 0.2) is 29.8 Å². The minimum absolute atomic E-state index is 0.000279. The van der Waals surface area contributed by atoms with Gasteiger partial charge in [-0.05, 0) is 66.9 Å². The first-order valence-corrected chi connectivity index (χ1v) is 12.3. The number of hydrogen-bond donors (Lipinski definition) is 1. The van der Waals surface area contributed by atoms with Gasteiger partial charge in [0.25, 0.3) is 0 Å². The van der Waals surface area contributed by atoms with Gasteiger partial charge in [0.05, 0.1) is 25.9 Å². The topological polar surface area (TPSA) is 77.5 Å². The Labute approximate surface area is 203 Å². The van der Waals surface area contributed by atoms with Crippen LogP contribution in [0.4, 0.5) is 4.79 Å². The van der Waals surface area contributed by atoms with E-state index in [1.165, 1.54) is 5.57 Å². The van der Waals surface area contributed by atoms with Gasteiger partial charge in [0, 0.05) is 18.0 Å². The lowest BCUT2D eigenvalue weighted by Crippen LogP contribution is -2.63. The number of carbonyl (C=O) groups excluding carboxylic acids is 1. The Morgan fingerprint density at radius 3 is 2.79 bits per heavy atom. The van der Waals surface area contributed by atoms with Crippen molar-refractivity contribution in [1.82, 2.24) is 4.90 Å². The number of phenols is 1. The van der Waals surface area contributed by atoms with E-state index in [1.807, 2.05) is 32.9 Å². The van der Waals surface area contributed by atoms with Gasteiger partial charge < -0.3 is 29.0 Å². The van der Waals surface area contributed by atoms with Crippen molar-refractivity contribution in [2.45, 2.75) is 83.7 Å². The molecule has 2 fully saturated rings. The van der Waals surface area contributed by atoms with Crippen LogP contribution in [0.25, 0.3) is 0 Å². The summed E-state index contributed by atoms with van der Waals surface area (Å²) in [5.41, 5.74) is 0.404. The number of nitrogens with zero attached hydrogens (tertiary/aromatic N) is 1. The van der Waals surface area contributed by atoms with Gasteiger partial charge in [0.1, 0.15) is 16.8 Å². The average molecular weight is 474 g/mol. The zero-order chi connectivity index (χ0) is 24.7. The predicted molar refractivity (Wildman–Crippen MR) is 129 cm³/mol. The molecule has 4 rings (SSSR count). The maximum absolute atomic E-state index is 12.8. The van der Waals surface area contributed by atoms with Crippen molar-refractivity contribution in [1.29, 1.82) is 0 Å². The molecule has 4 atom stereocenters. The number of benzene rings is 1. The monoisotopic (exact) mass is 473 g/mol. The van der Waals surface area contributed by atoms with Gasteiger partial charge in [0.2, 0.25) is 0 Å². The van der Waals surface area contributed by atoms with E-state index in [1.54, 1.807) is 11.0 Å². The summed E-state index contributed by atoms with van der Waals surface area (Å²) in [6.45, 7) is 13.6. The summed E-state index contributed by atoms with van der Waals surface area (Å²) in [5.74, 6) is 0.650. The molecular formula is C27H39NO6. The second-order valence-corrected chi connectivity index (χ2v) is 11.4. The average Bonchev–Trinajstić information content (AvgIpc) is 2.74. The highest BCUT2D eigenvalue weighted by molar-refractivity contribution is 5.68. The van der Waals surface area contributed by atoms with Crippen LogP contribution in [-0.4, -0.2) is 59.2 Å². The number of morpholine rings is 1. The number of fused-ring (bicyclic) bond motifs is 3. The van der Waals surface area contributed by atoms with Crippen LogP contribution in [0, 0.1) is 5.92 Å². The van der Waals surface area contributed by atoms with Gasteiger partial charge in [-0.15, -0.1) is 0 Å². The Hall–Kier alpha value is -2.25. The quantitative estimate of drug-likeness (QED) is 0.595. The third kappa shape index (κ3) is 5.05. The highest BCUT2D eigenvalue weighted by Crippen LogP contribution is 2.55. The van der Waals surface area contributed by atoms with Crippen molar-refractivity contribution in [2.24, 2.45) is 5.92 Å². The fraction of sp³-hybridized carbons (Fsp3) is 0.667. The lowest BCUT2D eigenvalue weighted by Gasteiger charge is -2.55. The summed E-state index contributed by atoms with van der Waals surface area (Å²) in [7, 11) is 0. The van der Waals surface area contributed by atoms with Gasteiger partial charge >= 0.3 is 6.09 Å². The van der Waals surface area contributed by atoms with Gasteiger partial charge in [-0.25, -0.2) is 4.79 Å². The van der Waals surface area contributed by atoms with Crippen molar-refractivity contribution >= 4 is 6.09 Å². The molecule has 1 spiro atoms. The maximum Gasteiger partial charge on any atom is 0.410 e. The summed E-state index contributed by atoms with van der Waals surface area (Å²) in [4.78, 5) is 14.5. The number of ether oxygens (including phenoxy) is 4. The van der Waals surface area contributed by atoms with Crippen molar-refractivity contribution in [3.8, 4) is 11.5 Å². The molecular weight excluding hydrogens is 434 g/mol. The number of carbonyl (C=O) groups is 1. The van der Waals surface area contributed by atoms with E-state index in [2.05, 4.69) is 26.8 Å². The van der Waals surface area contributed by atoms with Gasteiger partial charge in [-0.3, -0.25) is 0 Å². The number of phenolic OH excluding ortho intramolecular Hbond substituents is 1. The Bertz CT molecular complexity index is 949. The van der Waals surface area contributed by atoms with E-state index >= 15 is 0 Å². The summed E-state index contributed by atoms with van der Waals surface area (Å²) in [6, 6.07) is 5.45. The highest BCUT2D eigenvalue weighted by Gasteiger charge is 2.56. The molecule has 0 aromatic heterocycles. The second kappa shape index (κ2) is 9.08. The molecule has 3 aliphatic heterocycles. The van der Waals surface area contributed by atoms with E-state index in [4.69, 9.17) is 18.9 Å².